The highest BCUT2D eigenvalue weighted by molar-refractivity contribution is 7.91. The number of nitrogens with one attached hydrogen (secondary N) is 1. The average Bonchev–Trinajstić information content (AvgIpc) is 3.37. The van der Waals surface area contributed by atoms with Crippen LogP contribution < -0.4 is 5.32 Å². The van der Waals surface area contributed by atoms with E-state index in [0.717, 1.165) is 22.6 Å². The van der Waals surface area contributed by atoms with Gasteiger partial charge >= 0.3 is 0 Å². The van der Waals surface area contributed by atoms with E-state index < -0.39 is 15.9 Å². The number of rotatable bonds is 5. The molecule has 1 fully saturated rings. The first-order valence-electron chi connectivity index (χ1n) is 9.60. The zero-order chi connectivity index (χ0) is 21.3. The van der Waals surface area contributed by atoms with Crippen LogP contribution in [0, 0.1) is 19.8 Å². The van der Waals surface area contributed by atoms with Crippen molar-refractivity contribution in [1.29, 1.82) is 0 Å². The first-order chi connectivity index (χ1) is 14.3. The number of nitrogens with zero attached hydrogens (tertiary/aromatic N) is 3. The van der Waals surface area contributed by atoms with Crippen LogP contribution in [0.4, 0.5) is 5.69 Å². The SMILES string of the molecule is Cc1cccc(NC(=O)C2CCCN(S(=O)(=O)c3cc(-c4noc(C)n4)cs3)C2)c1. The van der Waals surface area contributed by atoms with Crippen molar-refractivity contribution in [3.05, 3.63) is 47.2 Å². The van der Waals surface area contributed by atoms with Crippen molar-refractivity contribution in [2.24, 2.45) is 5.92 Å². The summed E-state index contributed by atoms with van der Waals surface area (Å²) in [4.78, 5) is 16.9. The molecule has 10 heteroatoms. The lowest BCUT2D eigenvalue weighted by molar-refractivity contribution is -0.120. The first kappa shape index (κ1) is 20.7. The van der Waals surface area contributed by atoms with E-state index in [-0.39, 0.29) is 16.7 Å². The maximum Gasteiger partial charge on any atom is 0.252 e. The second-order valence-corrected chi connectivity index (χ2v) is 10.4. The van der Waals surface area contributed by atoms with Gasteiger partial charge in [-0.2, -0.15) is 9.29 Å². The smallest absolute Gasteiger partial charge is 0.252 e. The van der Waals surface area contributed by atoms with Crippen LogP contribution in [0.15, 0.2) is 44.4 Å². The number of aromatic nitrogens is 2. The van der Waals surface area contributed by atoms with E-state index in [0.29, 0.717) is 36.7 Å². The van der Waals surface area contributed by atoms with E-state index >= 15 is 0 Å². The van der Waals surface area contributed by atoms with E-state index in [9.17, 15) is 13.2 Å². The van der Waals surface area contributed by atoms with Crippen LogP contribution >= 0.6 is 11.3 Å². The largest absolute Gasteiger partial charge is 0.339 e. The number of hydrogen-bond donors (Lipinski definition) is 1. The minimum Gasteiger partial charge on any atom is -0.339 e. The molecule has 1 aromatic carbocycles. The van der Waals surface area contributed by atoms with Gasteiger partial charge in [0.2, 0.25) is 17.6 Å². The lowest BCUT2D eigenvalue weighted by Crippen LogP contribution is -2.43. The van der Waals surface area contributed by atoms with E-state index in [2.05, 4.69) is 15.5 Å². The van der Waals surface area contributed by atoms with Gasteiger partial charge in [-0.1, -0.05) is 17.3 Å². The molecule has 1 amide bonds. The summed E-state index contributed by atoms with van der Waals surface area (Å²) >= 11 is 1.12. The number of hydrogen-bond acceptors (Lipinski definition) is 7. The highest BCUT2D eigenvalue weighted by Gasteiger charge is 2.34. The van der Waals surface area contributed by atoms with Gasteiger partial charge in [-0.25, -0.2) is 8.42 Å². The summed E-state index contributed by atoms with van der Waals surface area (Å²) in [5, 5.41) is 8.44. The van der Waals surface area contributed by atoms with Gasteiger partial charge in [0.15, 0.2) is 0 Å². The topological polar surface area (TPSA) is 105 Å². The van der Waals surface area contributed by atoms with Gasteiger partial charge in [0, 0.05) is 36.6 Å². The maximum atomic E-state index is 13.1. The van der Waals surface area contributed by atoms with Crippen molar-refractivity contribution in [3.63, 3.8) is 0 Å². The molecule has 3 aromatic rings. The van der Waals surface area contributed by atoms with Gasteiger partial charge in [-0.15, -0.1) is 11.3 Å². The summed E-state index contributed by atoms with van der Waals surface area (Å²) in [5.74, 6) is 0.223. The molecule has 8 nitrogen and oxygen atoms in total. The normalized spacial score (nSPS) is 17.7. The zero-order valence-electron chi connectivity index (χ0n) is 16.7. The molecule has 0 radical (unpaired) electrons. The molecule has 1 atom stereocenters. The second-order valence-electron chi connectivity index (χ2n) is 7.35. The highest BCUT2D eigenvalue weighted by Crippen LogP contribution is 2.31. The molecule has 4 rings (SSSR count). The molecule has 2 aromatic heterocycles. The maximum absolute atomic E-state index is 13.1. The predicted octanol–water partition coefficient (Wildman–Crippen LogP) is 3.45. The third kappa shape index (κ3) is 4.30. The Morgan fingerprint density at radius 2 is 2.13 bits per heavy atom. The van der Waals surface area contributed by atoms with Crippen LogP contribution in [0.1, 0.15) is 24.3 Å². The summed E-state index contributed by atoms with van der Waals surface area (Å²) in [5.41, 5.74) is 2.37. The molecule has 158 valence electrons. The summed E-state index contributed by atoms with van der Waals surface area (Å²) in [6.45, 7) is 4.19. The van der Waals surface area contributed by atoms with Gasteiger partial charge < -0.3 is 9.84 Å². The van der Waals surface area contributed by atoms with Crippen LogP contribution in [-0.4, -0.2) is 41.9 Å². The minimum atomic E-state index is -3.70. The Morgan fingerprint density at radius 1 is 1.30 bits per heavy atom. The fraction of sp³-hybridized carbons (Fsp3) is 0.350. The Labute approximate surface area is 179 Å². The quantitative estimate of drug-likeness (QED) is 0.643. The molecular formula is C20H22N4O4S2. The standard InChI is InChI=1S/C20H22N4O4S2/c1-13-5-3-7-17(9-13)22-20(25)15-6-4-8-24(11-15)30(26,27)18-10-16(12-29-18)19-21-14(2)28-23-19/h3,5,7,9-10,12,15H,4,6,8,11H2,1-2H3,(H,22,25). The van der Waals surface area contributed by atoms with Gasteiger partial charge in [0.25, 0.3) is 10.0 Å². The van der Waals surface area contributed by atoms with Crippen molar-refractivity contribution >= 4 is 33.0 Å². The van der Waals surface area contributed by atoms with Crippen LogP contribution in [0.5, 0.6) is 0 Å². The van der Waals surface area contributed by atoms with Gasteiger partial charge in [-0.05, 0) is 43.5 Å². The molecular weight excluding hydrogens is 424 g/mol. The summed E-state index contributed by atoms with van der Waals surface area (Å²) < 4.78 is 32.9. The molecule has 1 aliphatic heterocycles. The second kappa shape index (κ2) is 8.29. The Hall–Kier alpha value is -2.56. The number of aryl methyl sites for hydroxylation is 2. The number of sulfonamides is 1. The van der Waals surface area contributed by atoms with Gasteiger partial charge in [0.1, 0.15) is 4.21 Å². The molecule has 0 aliphatic carbocycles. The average molecular weight is 447 g/mol. The number of amides is 1. The molecule has 1 saturated heterocycles. The fourth-order valence-electron chi connectivity index (χ4n) is 3.45. The van der Waals surface area contributed by atoms with Gasteiger partial charge in [0.05, 0.1) is 5.92 Å². The monoisotopic (exact) mass is 446 g/mol. The number of carbonyl (C=O) groups excluding carboxylic acids is 1. The van der Waals surface area contributed by atoms with Crippen LogP contribution in [-0.2, 0) is 14.8 Å². The summed E-state index contributed by atoms with van der Waals surface area (Å²) in [6, 6.07) is 9.11. The fourth-order valence-corrected chi connectivity index (χ4v) is 6.29. The lowest BCUT2D eigenvalue weighted by Gasteiger charge is -2.30. The van der Waals surface area contributed by atoms with Crippen LogP contribution in [0.3, 0.4) is 0 Å². The molecule has 1 aliphatic rings. The Morgan fingerprint density at radius 3 is 2.87 bits per heavy atom. The molecule has 30 heavy (non-hydrogen) atoms. The van der Waals surface area contributed by atoms with E-state index in [1.54, 1.807) is 18.4 Å². The molecule has 1 N–H and O–H groups in total. The number of thiophene rings is 1. The van der Waals surface area contributed by atoms with E-state index in [4.69, 9.17) is 4.52 Å². The zero-order valence-corrected chi connectivity index (χ0v) is 18.3. The first-order valence-corrected chi connectivity index (χ1v) is 11.9. The van der Waals surface area contributed by atoms with Crippen molar-refractivity contribution in [2.45, 2.75) is 30.9 Å². The number of carbonyl (C=O) groups is 1. The minimum absolute atomic E-state index is 0.158. The Kier molecular flexibility index (Phi) is 5.72. The summed E-state index contributed by atoms with van der Waals surface area (Å²) in [7, 11) is -3.70. The highest BCUT2D eigenvalue weighted by atomic mass is 32.2. The number of piperidine rings is 1. The Balaban J connectivity index is 1.48. The molecule has 0 bridgehead atoms. The van der Waals surface area contributed by atoms with Crippen LogP contribution in [0.2, 0.25) is 0 Å². The lowest BCUT2D eigenvalue weighted by atomic mass is 9.98. The van der Waals surface area contributed by atoms with Crippen molar-refractivity contribution in [2.75, 3.05) is 18.4 Å². The Bertz CT molecular complexity index is 1170. The molecule has 0 saturated carbocycles. The molecule has 1 unspecified atom stereocenters. The predicted molar refractivity (Wildman–Crippen MR) is 114 cm³/mol. The summed E-state index contributed by atoms with van der Waals surface area (Å²) in [6.07, 6.45) is 1.29. The third-order valence-corrected chi connectivity index (χ3v) is 8.28. The van der Waals surface area contributed by atoms with E-state index in [1.165, 1.54) is 4.31 Å². The van der Waals surface area contributed by atoms with E-state index in [1.807, 2.05) is 31.2 Å². The van der Waals surface area contributed by atoms with Crippen molar-refractivity contribution in [1.82, 2.24) is 14.4 Å². The number of benzene rings is 1. The number of anilines is 1. The van der Waals surface area contributed by atoms with Crippen molar-refractivity contribution < 1.29 is 17.7 Å². The van der Waals surface area contributed by atoms with Gasteiger partial charge in [-0.3, -0.25) is 4.79 Å². The molecule has 3 heterocycles. The third-order valence-electron chi connectivity index (χ3n) is 5.00. The van der Waals surface area contributed by atoms with Crippen molar-refractivity contribution in [3.8, 4) is 11.4 Å². The molecule has 0 spiro atoms. The van der Waals surface area contributed by atoms with Crippen LogP contribution in [0.25, 0.3) is 11.4 Å².